The van der Waals surface area contributed by atoms with Gasteiger partial charge in [-0.2, -0.15) is 0 Å². The van der Waals surface area contributed by atoms with Crippen molar-refractivity contribution in [2.45, 2.75) is 18.9 Å². The maximum Gasteiger partial charge on any atom is 0.108 e. The zero-order valence-corrected chi connectivity index (χ0v) is 12.3. The van der Waals surface area contributed by atoms with Crippen molar-refractivity contribution in [1.29, 1.82) is 0 Å². The van der Waals surface area contributed by atoms with Gasteiger partial charge in [0.1, 0.15) is 5.69 Å². The summed E-state index contributed by atoms with van der Waals surface area (Å²) in [7, 11) is 0. The van der Waals surface area contributed by atoms with Gasteiger partial charge in [0, 0.05) is 51.0 Å². The Morgan fingerprint density at radius 2 is 1.71 bits per heavy atom. The lowest BCUT2D eigenvalue weighted by Crippen LogP contribution is -2.66. The number of hydrogen-bond acceptors (Lipinski definition) is 5. The van der Waals surface area contributed by atoms with E-state index in [9.17, 15) is 4.91 Å². The third-order valence-electron chi connectivity index (χ3n) is 5.49. The van der Waals surface area contributed by atoms with E-state index in [2.05, 4.69) is 20.3 Å². The van der Waals surface area contributed by atoms with Crippen LogP contribution in [-0.2, 0) is 0 Å². The quantitative estimate of drug-likeness (QED) is 0.863. The van der Waals surface area contributed by atoms with Crippen LogP contribution in [0, 0.1) is 10.3 Å². The molecule has 1 aliphatic carbocycles. The van der Waals surface area contributed by atoms with Gasteiger partial charge in [-0.05, 0) is 47.7 Å². The van der Waals surface area contributed by atoms with Gasteiger partial charge in [0.25, 0.3) is 0 Å². The Kier molecular flexibility index (Phi) is 3.19. The van der Waals surface area contributed by atoms with Crippen LogP contribution >= 0.6 is 0 Å². The maximum absolute atomic E-state index is 10.5. The average molecular weight is 286 g/mol. The number of nitrogens with zero attached hydrogens (tertiary/aromatic N) is 3. The smallest absolute Gasteiger partial charge is 0.108 e. The molecule has 0 bridgehead atoms. The fourth-order valence-corrected chi connectivity index (χ4v) is 4.03. The highest BCUT2D eigenvalue weighted by atomic mass is 16.3. The Morgan fingerprint density at radius 3 is 2.24 bits per heavy atom. The first-order valence-electron chi connectivity index (χ1n) is 7.91. The molecule has 5 heteroatoms. The van der Waals surface area contributed by atoms with Gasteiger partial charge >= 0.3 is 0 Å². The van der Waals surface area contributed by atoms with Crippen LogP contribution in [0.1, 0.15) is 12.8 Å². The van der Waals surface area contributed by atoms with E-state index in [-0.39, 0.29) is 0 Å². The molecule has 4 rings (SSSR count). The third-order valence-corrected chi connectivity index (χ3v) is 5.49. The standard InChI is InChI=1S/C16H22N4O/c21-18-13-1-3-14(4-2-13)19-5-7-20(8-6-19)15-9-16(10-15)11-17-12-16/h1-4,15,17H,5-12H2. The molecule has 1 N–H and O–H groups in total. The summed E-state index contributed by atoms with van der Waals surface area (Å²) in [6.45, 7) is 6.94. The molecule has 1 aromatic rings. The van der Waals surface area contributed by atoms with E-state index >= 15 is 0 Å². The molecule has 2 aliphatic heterocycles. The van der Waals surface area contributed by atoms with E-state index in [0.29, 0.717) is 11.1 Å². The molecule has 1 aromatic carbocycles. The first-order valence-corrected chi connectivity index (χ1v) is 7.91. The Morgan fingerprint density at radius 1 is 1.05 bits per heavy atom. The summed E-state index contributed by atoms with van der Waals surface area (Å²) in [5, 5.41) is 6.36. The average Bonchev–Trinajstić information content (AvgIpc) is 2.45. The minimum Gasteiger partial charge on any atom is -0.369 e. The molecule has 2 saturated heterocycles. The molecule has 0 radical (unpaired) electrons. The lowest BCUT2D eigenvalue weighted by atomic mass is 9.61. The number of piperazine rings is 1. The van der Waals surface area contributed by atoms with Crippen LogP contribution in [0.3, 0.4) is 0 Å². The molecule has 0 aromatic heterocycles. The summed E-state index contributed by atoms with van der Waals surface area (Å²) in [6.07, 6.45) is 2.78. The third kappa shape index (κ3) is 2.34. The molecule has 1 spiro atoms. The Balaban J connectivity index is 1.31. The van der Waals surface area contributed by atoms with Crippen molar-refractivity contribution >= 4 is 11.4 Å². The second kappa shape index (κ2) is 5.07. The highest BCUT2D eigenvalue weighted by Crippen LogP contribution is 2.46. The van der Waals surface area contributed by atoms with E-state index in [1.165, 1.54) is 31.6 Å². The van der Waals surface area contributed by atoms with Crippen LogP contribution < -0.4 is 10.2 Å². The fraction of sp³-hybridized carbons (Fsp3) is 0.625. The molecule has 2 heterocycles. The predicted molar refractivity (Wildman–Crippen MR) is 84.0 cm³/mol. The monoisotopic (exact) mass is 286 g/mol. The van der Waals surface area contributed by atoms with Crippen LogP contribution in [0.25, 0.3) is 0 Å². The van der Waals surface area contributed by atoms with Gasteiger partial charge in [-0.15, -0.1) is 4.91 Å². The second-order valence-electron chi connectivity index (χ2n) is 6.80. The summed E-state index contributed by atoms with van der Waals surface area (Å²) < 4.78 is 0. The second-order valence-corrected chi connectivity index (χ2v) is 6.80. The molecule has 1 saturated carbocycles. The van der Waals surface area contributed by atoms with Gasteiger partial charge in [0.2, 0.25) is 0 Å². The van der Waals surface area contributed by atoms with Crippen molar-refractivity contribution in [3.8, 4) is 0 Å². The van der Waals surface area contributed by atoms with Crippen LogP contribution in [0.5, 0.6) is 0 Å². The fourth-order valence-electron chi connectivity index (χ4n) is 4.03. The Hall–Kier alpha value is -1.46. The normalized spacial score (nSPS) is 25.4. The van der Waals surface area contributed by atoms with Gasteiger partial charge in [-0.3, -0.25) is 4.90 Å². The molecule has 112 valence electrons. The largest absolute Gasteiger partial charge is 0.369 e. The molecule has 0 atom stereocenters. The van der Waals surface area contributed by atoms with Gasteiger partial charge in [0.15, 0.2) is 0 Å². The molecule has 5 nitrogen and oxygen atoms in total. The van der Waals surface area contributed by atoms with E-state index in [4.69, 9.17) is 0 Å². The lowest BCUT2D eigenvalue weighted by molar-refractivity contribution is -0.0373. The van der Waals surface area contributed by atoms with Crippen LogP contribution in [0.4, 0.5) is 11.4 Å². The molecule has 0 unspecified atom stereocenters. The summed E-state index contributed by atoms with van der Waals surface area (Å²) in [5.74, 6) is 0. The number of rotatable bonds is 3. The summed E-state index contributed by atoms with van der Waals surface area (Å²) in [4.78, 5) is 15.5. The zero-order chi connectivity index (χ0) is 14.3. The van der Waals surface area contributed by atoms with Crippen molar-refractivity contribution in [3.63, 3.8) is 0 Å². The highest BCUT2D eigenvalue weighted by molar-refractivity contribution is 5.53. The van der Waals surface area contributed by atoms with Gasteiger partial charge in [0.05, 0.1) is 0 Å². The number of anilines is 1. The highest BCUT2D eigenvalue weighted by Gasteiger charge is 2.50. The van der Waals surface area contributed by atoms with Crippen LogP contribution in [-0.4, -0.2) is 50.2 Å². The van der Waals surface area contributed by atoms with Crippen molar-refractivity contribution in [1.82, 2.24) is 10.2 Å². The predicted octanol–water partition coefficient (Wildman–Crippen LogP) is 1.96. The molecule has 21 heavy (non-hydrogen) atoms. The van der Waals surface area contributed by atoms with E-state index in [1.807, 2.05) is 12.1 Å². The van der Waals surface area contributed by atoms with Crippen molar-refractivity contribution in [2.75, 3.05) is 44.2 Å². The summed E-state index contributed by atoms with van der Waals surface area (Å²) >= 11 is 0. The Bertz CT molecular complexity index is 510. The van der Waals surface area contributed by atoms with E-state index in [1.54, 1.807) is 12.1 Å². The molecule has 3 aliphatic rings. The summed E-state index contributed by atoms with van der Waals surface area (Å²) in [5.41, 5.74) is 2.38. The van der Waals surface area contributed by atoms with Crippen LogP contribution in [0.2, 0.25) is 0 Å². The van der Waals surface area contributed by atoms with Crippen molar-refractivity contribution in [3.05, 3.63) is 29.2 Å². The van der Waals surface area contributed by atoms with Crippen molar-refractivity contribution in [2.24, 2.45) is 10.6 Å². The van der Waals surface area contributed by atoms with Gasteiger partial charge in [-0.25, -0.2) is 0 Å². The zero-order valence-electron chi connectivity index (χ0n) is 12.3. The number of benzene rings is 1. The number of hydrogen-bond donors (Lipinski definition) is 1. The van der Waals surface area contributed by atoms with Gasteiger partial charge < -0.3 is 10.2 Å². The Labute approximate surface area is 125 Å². The number of nitroso groups, excluding NO2 is 1. The minimum atomic E-state index is 0.506. The lowest BCUT2D eigenvalue weighted by Gasteiger charge is -2.58. The maximum atomic E-state index is 10.5. The SMILES string of the molecule is O=Nc1ccc(N2CCN(C3CC4(CNC4)C3)CC2)cc1. The molecular formula is C16H22N4O. The van der Waals surface area contributed by atoms with Gasteiger partial charge in [-0.1, -0.05) is 0 Å². The first-order chi connectivity index (χ1) is 10.3. The van der Waals surface area contributed by atoms with Crippen molar-refractivity contribution < 1.29 is 0 Å². The minimum absolute atomic E-state index is 0.506. The first kappa shape index (κ1) is 13.2. The topological polar surface area (TPSA) is 47.9 Å². The molecule has 3 fully saturated rings. The van der Waals surface area contributed by atoms with E-state index in [0.717, 1.165) is 32.2 Å². The number of nitrogens with one attached hydrogen (secondary N) is 1. The molecular weight excluding hydrogens is 264 g/mol. The summed E-state index contributed by atoms with van der Waals surface area (Å²) in [6, 6.07) is 8.42. The van der Waals surface area contributed by atoms with Crippen LogP contribution in [0.15, 0.2) is 29.4 Å². The van der Waals surface area contributed by atoms with E-state index < -0.39 is 0 Å². The molecule has 0 amide bonds.